The Bertz CT molecular complexity index is 921. The van der Waals surface area contributed by atoms with Gasteiger partial charge >= 0.3 is 0 Å². The van der Waals surface area contributed by atoms with Gasteiger partial charge in [0.15, 0.2) is 0 Å². The molecule has 1 aromatic carbocycles. The predicted octanol–water partition coefficient (Wildman–Crippen LogP) is 3.17. The van der Waals surface area contributed by atoms with E-state index in [1.54, 1.807) is 26.0 Å². The molecule has 27 heavy (non-hydrogen) atoms. The molecule has 0 spiro atoms. The van der Waals surface area contributed by atoms with Gasteiger partial charge in [-0.15, -0.1) is 0 Å². The minimum Gasteiger partial charge on any atom is -0.381 e. The highest BCUT2D eigenvalue weighted by Gasteiger charge is 2.37. The molecule has 0 bridgehead atoms. The Morgan fingerprint density at radius 2 is 2.00 bits per heavy atom. The number of hydrogen-bond donors (Lipinski definition) is 2. The Balaban J connectivity index is 1.89. The highest BCUT2D eigenvalue weighted by molar-refractivity contribution is 6.35. The van der Waals surface area contributed by atoms with E-state index in [0.717, 1.165) is 5.56 Å². The summed E-state index contributed by atoms with van der Waals surface area (Å²) in [6.07, 6.45) is 1.42. The number of halogens is 2. The van der Waals surface area contributed by atoms with Gasteiger partial charge in [0.2, 0.25) is 0 Å². The third kappa shape index (κ3) is 4.03. The zero-order valence-electron chi connectivity index (χ0n) is 15.2. The zero-order chi connectivity index (χ0) is 19.6. The topological polar surface area (TPSA) is 84.1 Å². The molecule has 6 nitrogen and oxygen atoms in total. The van der Waals surface area contributed by atoms with E-state index in [1.807, 2.05) is 6.07 Å². The molecule has 2 heterocycles. The Morgan fingerprint density at radius 3 is 2.67 bits per heavy atom. The summed E-state index contributed by atoms with van der Waals surface area (Å²) in [6, 6.07) is 5.40. The molecule has 0 aliphatic carbocycles. The molecule has 1 aliphatic rings. The quantitative estimate of drug-likeness (QED) is 0.811. The number of hydrogen-bond acceptors (Lipinski definition) is 4. The van der Waals surface area contributed by atoms with Crippen molar-refractivity contribution < 1.29 is 9.53 Å². The van der Waals surface area contributed by atoms with Crippen LogP contribution in [-0.2, 0) is 10.2 Å². The minimum atomic E-state index is -0.499. The molecule has 8 heteroatoms. The normalized spacial score (nSPS) is 16.1. The Kier molecular flexibility index (Phi) is 5.89. The maximum atomic E-state index is 12.7. The number of H-pyrrole nitrogens is 1. The zero-order valence-corrected chi connectivity index (χ0v) is 16.7. The number of ether oxygens (including phenoxy) is 1. The van der Waals surface area contributed by atoms with Crippen LogP contribution in [-0.4, -0.2) is 35.9 Å². The third-order valence-electron chi connectivity index (χ3n) is 5.24. The molecule has 0 radical (unpaired) electrons. The lowest BCUT2D eigenvalue weighted by atomic mass is 9.74. The van der Waals surface area contributed by atoms with Crippen LogP contribution in [0.25, 0.3) is 0 Å². The van der Waals surface area contributed by atoms with E-state index in [4.69, 9.17) is 27.9 Å². The van der Waals surface area contributed by atoms with E-state index in [-0.39, 0.29) is 11.0 Å². The van der Waals surface area contributed by atoms with Crippen LogP contribution in [0.15, 0.2) is 23.0 Å². The summed E-state index contributed by atoms with van der Waals surface area (Å²) in [5, 5.41) is 10.3. The number of benzene rings is 1. The smallest absolute Gasteiger partial charge is 0.277 e. The highest BCUT2D eigenvalue weighted by atomic mass is 35.5. The SMILES string of the molecule is Cc1n[nH]c(=O)c(C(=O)NCC2(c3ccc(Cl)cc3Cl)CCOCC2)c1C. The lowest BCUT2D eigenvalue weighted by molar-refractivity contribution is 0.0487. The van der Waals surface area contributed by atoms with Crippen LogP contribution < -0.4 is 10.9 Å². The van der Waals surface area contributed by atoms with Gasteiger partial charge in [0.25, 0.3) is 11.5 Å². The van der Waals surface area contributed by atoms with E-state index in [0.29, 0.717) is 53.9 Å². The van der Waals surface area contributed by atoms with Crippen molar-refractivity contribution in [3.63, 3.8) is 0 Å². The average Bonchev–Trinajstić information content (AvgIpc) is 2.64. The number of nitrogens with zero attached hydrogens (tertiary/aromatic N) is 1. The Hall–Kier alpha value is -1.89. The summed E-state index contributed by atoms with van der Waals surface area (Å²) in [4.78, 5) is 24.8. The first kappa shape index (κ1) is 19.9. The molecule has 1 fully saturated rings. The summed E-state index contributed by atoms with van der Waals surface area (Å²) < 4.78 is 5.51. The standard InChI is InChI=1S/C19H21Cl2N3O3/c1-11-12(2)23-24-18(26)16(11)17(25)22-10-19(5-7-27-8-6-19)14-4-3-13(20)9-15(14)21/h3-4,9H,5-8,10H2,1-2H3,(H,22,25)(H,24,26). The fraction of sp³-hybridized carbons (Fsp3) is 0.421. The summed E-state index contributed by atoms with van der Waals surface area (Å²) >= 11 is 12.5. The lowest BCUT2D eigenvalue weighted by Crippen LogP contribution is -2.45. The van der Waals surface area contributed by atoms with Crippen LogP contribution in [0.2, 0.25) is 10.0 Å². The molecule has 2 aromatic rings. The van der Waals surface area contributed by atoms with Gasteiger partial charge in [-0.25, -0.2) is 5.10 Å². The van der Waals surface area contributed by atoms with Crippen molar-refractivity contribution >= 4 is 29.1 Å². The lowest BCUT2D eigenvalue weighted by Gasteiger charge is -2.38. The van der Waals surface area contributed by atoms with Crippen molar-refractivity contribution in [3.8, 4) is 0 Å². The van der Waals surface area contributed by atoms with Crippen LogP contribution >= 0.6 is 23.2 Å². The molecular formula is C19H21Cl2N3O3. The first-order valence-corrected chi connectivity index (χ1v) is 9.47. The van der Waals surface area contributed by atoms with Crippen LogP contribution in [0.1, 0.15) is 40.0 Å². The largest absolute Gasteiger partial charge is 0.381 e. The van der Waals surface area contributed by atoms with Crippen molar-refractivity contribution in [1.29, 1.82) is 0 Å². The molecule has 1 aliphatic heterocycles. The summed E-state index contributed by atoms with van der Waals surface area (Å²) in [5.74, 6) is -0.421. The van der Waals surface area contributed by atoms with Gasteiger partial charge in [-0.1, -0.05) is 29.3 Å². The van der Waals surface area contributed by atoms with Crippen LogP contribution in [0.3, 0.4) is 0 Å². The maximum absolute atomic E-state index is 12.7. The first-order valence-electron chi connectivity index (χ1n) is 8.71. The summed E-state index contributed by atoms with van der Waals surface area (Å²) in [6.45, 7) is 4.95. The molecule has 1 amide bonds. The molecule has 0 saturated carbocycles. The number of amides is 1. The van der Waals surface area contributed by atoms with Crippen molar-refractivity contribution in [1.82, 2.24) is 15.5 Å². The van der Waals surface area contributed by atoms with Crippen molar-refractivity contribution in [2.75, 3.05) is 19.8 Å². The second-order valence-corrected chi connectivity index (χ2v) is 7.68. The van der Waals surface area contributed by atoms with Crippen molar-refractivity contribution in [3.05, 3.63) is 61.0 Å². The van der Waals surface area contributed by atoms with Gasteiger partial charge in [-0.05, 0) is 49.9 Å². The first-order chi connectivity index (χ1) is 12.8. The number of carbonyl (C=O) groups is 1. The van der Waals surface area contributed by atoms with Gasteiger partial charge in [0, 0.05) is 35.2 Å². The third-order valence-corrected chi connectivity index (χ3v) is 5.78. The molecule has 2 N–H and O–H groups in total. The van der Waals surface area contributed by atoms with Crippen LogP contribution in [0, 0.1) is 13.8 Å². The molecule has 3 rings (SSSR count). The molecular weight excluding hydrogens is 389 g/mol. The summed E-state index contributed by atoms with van der Waals surface area (Å²) in [5.41, 5.74) is 1.32. The van der Waals surface area contributed by atoms with E-state index < -0.39 is 11.5 Å². The molecule has 144 valence electrons. The van der Waals surface area contributed by atoms with Crippen LogP contribution in [0.5, 0.6) is 0 Å². The number of aromatic nitrogens is 2. The fourth-order valence-electron chi connectivity index (χ4n) is 3.46. The Labute approximate surface area is 167 Å². The van der Waals surface area contributed by atoms with E-state index in [1.165, 1.54) is 0 Å². The van der Waals surface area contributed by atoms with Crippen LogP contribution in [0.4, 0.5) is 0 Å². The molecule has 0 unspecified atom stereocenters. The maximum Gasteiger partial charge on any atom is 0.277 e. The van der Waals surface area contributed by atoms with Gasteiger partial charge < -0.3 is 10.1 Å². The summed E-state index contributed by atoms with van der Waals surface area (Å²) in [7, 11) is 0. The second kappa shape index (κ2) is 8.00. The number of aryl methyl sites for hydroxylation is 1. The predicted molar refractivity (Wildman–Crippen MR) is 105 cm³/mol. The number of rotatable bonds is 4. The highest BCUT2D eigenvalue weighted by Crippen LogP contribution is 2.39. The number of carbonyl (C=O) groups excluding carboxylic acids is 1. The second-order valence-electron chi connectivity index (χ2n) is 6.84. The van der Waals surface area contributed by atoms with Crippen molar-refractivity contribution in [2.45, 2.75) is 32.1 Å². The molecule has 1 aromatic heterocycles. The minimum absolute atomic E-state index is 0.0897. The van der Waals surface area contributed by atoms with Gasteiger partial charge in [-0.2, -0.15) is 5.10 Å². The van der Waals surface area contributed by atoms with E-state index in [9.17, 15) is 9.59 Å². The van der Waals surface area contributed by atoms with Gasteiger partial charge in [0.1, 0.15) is 5.56 Å². The monoisotopic (exact) mass is 409 g/mol. The van der Waals surface area contributed by atoms with E-state index in [2.05, 4.69) is 15.5 Å². The average molecular weight is 410 g/mol. The van der Waals surface area contributed by atoms with Gasteiger partial charge in [-0.3, -0.25) is 9.59 Å². The molecule has 1 saturated heterocycles. The van der Waals surface area contributed by atoms with Gasteiger partial charge in [0.05, 0.1) is 5.69 Å². The van der Waals surface area contributed by atoms with E-state index >= 15 is 0 Å². The number of aromatic amines is 1. The Morgan fingerprint density at radius 1 is 1.30 bits per heavy atom. The fourth-order valence-corrected chi connectivity index (χ4v) is 4.07. The van der Waals surface area contributed by atoms with Crippen molar-refractivity contribution in [2.24, 2.45) is 0 Å². The number of nitrogens with one attached hydrogen (secondary N) is 2. The molecule has 0 atom stereocenters.